The van der Waals surface area contributed by atoms with Crippen LogP contribution in [-0.2, 0) is 6.54 Å². The van der Waals surface area contributed by atoms with Gasteiger partial charge in [-0.05, 0) is 18.1 Å². The molecule has 0 radical (unpaired) electrons. The molecule has 3 N–H and O–H groups in total. The van der Waals surface area contributed by atoms with Gasteiger partial charge in [0.25, 0.3) is 0 Å². The molecule has 0 unspecified atom stereocenters. The molecule has 3 nitrogen and oxygen atoms in total. The molecule has 78 valence electrons. The lowest BCUT2D eigenvalue weighted by Gasteiger charge is -2.09. The van der Waals surface area contributed by atoms with Crippen LogP contribution >= 0.6 is 11.6 Å². The van der Waals surface area contributed by atoms with Crippen LogP contribution in [0.2, 0.25) is 5.02 Å². The Balaban J connectivity index is 2.69. The number of nitrogens with two attached hydrogens (primary N) is 1. The molecule has 0 bridgehead atoms. The zero-order chi connectivity index (χ0) is 10.6. The fourth-order valence-corrected chi connectivity index (χ4v) is 1.22. The normalized spacial score (nSPS) is 10.6. The fourth-order valence-electron chi connectivity index (χ4n) is 1.03. The molecule has 1 aromatic heterocycles. The second-order valence-corrected chi connectivity index (χ2v) is 4.01. The highest BCUT2D eigenvalue weighted by Gasteiger charge is 2.02. The zero-order valence-electron chi connectivity index (χ0n) is 8.55. The van der Waals surface area contributed by atoms with Gasteiger partial charge in [0.2, 0.25) is 0 Å². The Bertz CT molecular complexity index is 299. The van der Waals surface area contributed by atoms with E-state index in [1.54, 1.807) is 0 Å². The lowest BCUT2D eigenvalue weighted by Crippen LogP contribution is -2.10. The number of pyridine rings is 1. The summed E-state index contributed by atoms with van der Waals surface area (Å²) in [6, 6.07) is 3.68. The highest BCUT2D eigenvalue weighted by atomic mass is 35.5. The Labute approximate surface area is 89.7 Å². The van der Waals surface area contributed by atoms with Crippen molar-refractivity contribution in [1.29, 1.82) is 0 Å². The Hall–Kier alpha value is -0.800. The van der Waals surface area contributed by atoms with E-state index in [9.17, 15) is 0 Å². The minimum atomic E-state index is 0.371. The van der Waals surface area contributed by atoms with E-state index in [4.69, 9.17) is 17.3 Å². The predicted octanol–water partition coefficient (Wildman–Crippen LogP) is 2.26. The van der Waals surface area contributed by atoms with Crippen molar-refractivity contribution < 1.29 is 0 Å². The first kappa shape index (κ1) is 11.3. The number of nitrogens with zero attached hydrogens (tertiary/aromatic N) is 1. The summed E-state index contributed by atoms with van der Waals surface area (Å²) in [4.78, 5) is 4.29. The summed E-state index contributed by atoms with van der Waals surface area (Å²) in [5, 5.41) is 3.85. The van der Waals surface area contributed by atoms with E-state index in [-0.39, 0.29) is 0 Å². The van der Waals surface area contributed by atoms with Crippen molar-refractivity contribution >= 4 is 17.4 Å². The summed E-state index contributed by atoms with van der Waals surface area (Å²) in [6.45, 7) is 5.56. The Morgan fingerprint density at radius 1 is 1.50 bits per heavy atom. The number of hydrogen-bond acceptors (Lipinski definition) is 3. The number of nitrogens with one attached hydrogen (secondary N) is 1. The summed E-state index contributed by atoms with van der Waals surface area (Å²) in [5.74, 6) is 1.43. The average Bonchev–Trinajstić information content (AvgIpc) is 2.16. The quantitative estimate of drug-likeness (QED) is 0.807. The lowest BCUT2D eigenvalue weighted by molar-refractivity contribution is 0.686. The van der Waals surface area contributed by atoms with Crippen LogP contribution in [0.1, 0.15) is 19.5 Å². The van der Waals surface area contributed by atoms with E-state index in [2.05, 4.69) is 24.1 Å². The molecule has 1 heterocycles. The molecule has 0 amide bonds. The summed E-state index contributed by atoms with van der Waals surface area (Å²) in [6.07, 6.45) is 0. The van der Waals surface area contributed by atoms with Crippen LogP contribution in [0.5, 0.6) is 0 Å². The van der Waals surface area contributed by atoms with Crippen molar-refractivity contribution in [3.8, 4) is 0 Å². The molecular weight excluding hydrogens is 198 g/mol. The maximum atomic E-state index is 5.89. The molecule has 0 aliphatic carbocycles. The molecule has 1 aromatic rings. The van der Waals surface area contributed by atoms with Gasteiger partial charge in [0, 0.05) is 13.1 Å². The van der Waals surface area contributed by atoms with Crippen molar-refractivity contribution in [2.45, 2.75) is 20.4 Å². The SMILES string of the molecule is CC(C)CNc1ccc(Cl)c(CN)n1. The topological polar surface area (TPSA) is 50.9 Å². The summed E-state index contributed by atoms with van der Waals surface area (Å²) in [7, 11) is 0. The van der Waals surface area contributed by atoms with E-state index in [1.165, 1.54) is 0 Å². The maximum absolute atomic E-state index is 5.89. The molecule has 0 atom stereocenters. The van der Waals surface area contributed by atoms with Gasteiger partial charge in [0.1, 0.15) is 5.82 Å². The van der Waals surface area contributed by atoms with E-state index in [0.717, 1.165) is 18.1 Å². The smallest absolute Gasteiger partial charge is 0.126 e. The van der Waals surface area contributed by atoms with Crippen molar-refractivity contribution in [3.05, 3.63) is 22.8 Å². The van der Waals surface area contributed by atoms with Crippen molar-refractivity contribution in [1.82, 2.24) is 4.98 Å². The minimum absolute atomic E-state index is 0.371. The molecule has 0 spiro atoms. The largest absolute Gasteiger partial charge is 0.370 e. The highest BCUT2D eigenvalue weighted by Crippen LogP contribution is 2.16. The van der Waals surface area contributed by atoms with E-state index >= 15 is 0 Å². The monoisotopic (exact) mass is 213 g/mol. The van der Waals surface area contributed by atoms with E-state index in [1.807, 2.05) is 12.1 Å². The van der Waals surface area contributed by atoms with Crippen LogP contribution < -0.4 is 11.1 Å². The molecule has 0 aliphatic rings. The number of halogens is 1. The third-order valence-corrected chi connectivity index (χ3v) is 2.15. The number of hydrogen-bond donors (Lipinski definition) is 2. The number of aromatic nitrogens is 1. The van der Waals surface area contributed by atoms with Crippen LogP contribution in [0.4, 0.5) is 5.82 Å². The van der Waals surface area contributed by atoms with Crippen LogP contribution in [0.25, 0.3) is 0 Å². The van der Waals surface area contributed by atoms with Gasteiger partial charge in [-0.1, -0.05) is 25.4 Å². The molecule has 1 rings (SSSR count). The third kappa shape index (κ3) is 3.16. The maximum Gasteiger partial charge on any atom is 0.126 e. The molecule has 0 aromatic carbocycles. The summed E-state index contributed by atoms with van der Waals surface area (Å²) >= 11 is 5.89. The zero-order valence-corrected chi connectivity index (χ0v) is 9.30. The first-order chi connectivity index (χ1) is 6.63. The molecule has 0 aliphatic heterocycles. The van der Waals surface area contributed by atoms with Crippen molar-refractivity contribution in [3.63, 3.8) is 0 Å². The van der Waals surface area contributed by atoms with Gasteiger partial charge >= 0.3 is 0 Å². The lowest BCUT2D eigenvalue weighted by atomic mass is 10.2. The fraction of sp³-hybridized carbons (Fsp3) is 0.500. The van der Waals surface area contributed by atoms with Gasteiger partial charge < -0.3 is 11.1 Å². The van der Waals surface area contributed by atoms with Crippen molar-refractivity contribution in [2.24, 2.45) is 11.7 Å². The van der Waals surface area contributed by atoms with Gasteiger partial charge in [-0.2, -0.15) is 0 Å². The summed E-state index contributed by atoms with van der Waals surface area (Å²) < 4.78 is 0. The molecule has 0 saturated heterocycles. The molecular formula is C10H16ClN3. The molecule has 0 fully saturated rings. The standard InChI is InChI=1S/C10H16ClN3/c1-7(2)6-13-10-4-3-8(11)9(5-12)14-10/h3-4,7H,5-6,12H2,1-2H3,(H,13,14). The summed E-state index contributed by atoms with van der Waals surface area (Å²) in [5.41, 5.74) is 6.24. The average molecular weight is 214 g/mol. The molecule has 0 saturated carbocycles. The first-order valence-corrected chi connectivity index (χ1v) is 5.10. The van der Waals surface area contributed by atoms with Crippen LogP contribution in [0.15, 0.2) is 12.1 Å². The van der Waals surface area contributed by atoms with Gasteiger partial charge in [0.15, 0.2) is 0 Å². The van der Waals surface area contributed by atoms with Gasteiger partial charge in [-0.25, -0.2) is 4.98 Å². The van der Waals surface area contributed by atoms with E-state index in [0.29, 0.717) is 17.5 Å². The first-order valence-electron chi connectivity index (χ1n) is 4.73. The number of anilines is 1. The second kappa shape index (κ2) is 5.17. The Morgan fingerprint density at radius 3 is 2.79 bits per heavy atom. The predicted molar refractivity (Wildman–Crippen MR) is 60.5 cm³/mol. The molecule has 14 heavy (non-hydrogen) atoms. The van der Waals surface area contributed by atoms with Gasteiger partial charge in [-0.15, -0.1) is 0 Å². The van der Waals surface area contributed by atoms with Crippen LogP contribution in [0.3, 0.4) is 0 Å². The van der Waals surface area contributed by atoms with Crippen molar-refractivity contribution in [2.75, 3.05) is 11.9 Å². The highest BCUT2D eigenvalue weighted by molar-refractivity contribution is 6.31. The van der Waals surface area contributed by atoms with Gasteiger partial charge in [-0.3, -0.25) is 0 Å². The Kier molecular flexibility index (Phi) is 4.17. The Morgan fingerprint density at radius 2 is 2.21 bits per heavy atom. The molecule has 4 heteroatoms. The second-order valence-electron chi connectivity index (χ2n) is 3.60. The van der Waals surface area contributed by atoms with Crippen LogP contribution in [0, 0.1) is 5.92 Å². The minimum Gasteiger partial charge on any atom is -0.370 e. The van der Waals surface area contributed by atoms with E-state index < -0.39 is 0 Å². The van der Waals surface area contributed by atoms with Crippen LogP contribution in [-0.4, -0.2) is 11.5 Å². The van der Waals surface area contributed by atoms with Gasteiger partial charge in [0.05, 0.1) is 10.7 Å². The number of rotatable bonds is 4. The third-order valence-electron chi connectivity index (χ3n) is 1.80.